The standard InChI is InChI=1S/C21H12F3N3O2/c22-21(23,24)20-26-9-13(10-27-20)19-14(12-28)11-25-18-7-6-16(8-17(18)19)29-15-4-2-1-3-5-15/h1-12H. The van der Waals surface area contributed by atoms with Crippen LogP contribution in [-0.2, 0) is 6.18 Å². The number of hydrogen-bond acceptors (Lipinski definition) is 5. The summed E-state index contributed by atoms with van der Waals surface area (Å²) in [5, 5.41) is 0.534. The van der Waals surface area contributed by atoms with Gasteiger partial charge in [0.05, 0.1) is 5.52 Å². The van der Waals surface area contributed by atoms with Gasteiger partial charge in [0.15, 0.2) is 6.29 Å². The van der Waals surface area contributed by atoms with Crippen molar-refractivity contribution in [3.8, 4) is 22.6 Å². The highest BCUT2D eigenvalue weighted by Gasteiger charge is 2.34. The van der Waals surface area contributed by atoms with E-state index in [0.29, 0.717) is 34.3 Å². The summed E-state index contributed by atoms with van der Waals surface area (Å²) in [6.45, 7) is 0. The molecule has 4 aromatic rings. The number of alkyl halides is 3. The van der Waals surface area contributed by atoms with Gasteiger partial charge in [-0.05, 0) is 30.3 Å². The minimum atomic E-state index is -4.65. The number of fused-ring (bicyclic) bond motifs is 1. The van der Waals surface area contributed by atoms with Gasteiger partial charge in [-0.2, -0.15) is 13.2 Å². The van der Waals surface area contributed by atoms with Gasteiger partial charge in [-0.1, -0.05) is 18.2 Å². The summed E-state index contributed by atoms with van der Waals surface area (Å²) in [6.07, 6.45) is -0.613. The van der Waals surface area contributed by atoms with Crippen LogP contribution in [-0.4, -0.2) is 21.2 Å². The Kier molecular flexibility index (Phi) is 4.67. The van der Waals surface area contributed by atoms with Gasteiger partial charge in [0, 0.05) is 40.7 Å². The van der Waals surface area contributed by atoms with Crippen LogP contribution in [0.2, 0.25) is 0 Å². The molecule has 5 nitrogen and oxygen atoms in total. The Morgan fingerprint density at radius 2 is 1.59 bits per heavy atom. The first kappa shape index (κ1) is 18.5. The van der Waals surface area contributed by atoms with Crippen LogP contribution in [0.3, 0.4) is 0 Å². The maximum atomic E-state index is 12.8. The van der Waals surface area contributed by atoms with Crippen molar-refractivity contribution < 1.29 is 22.7 Å². The number of aldehydes is 1. The molecule has 0 bridgehead atoms. The maximum absolute atomic E-state index is 12.8. The Balaban J connectivity index is 1.84. The van der Waals surface area contributed by atoms with Crippen LogP contribution < -0.4 is 4.74 Å². The summed E-state index contributed by atoms with van der Waals surface area (Å²) in [4.78, 5) is 22.6. The maximum Gasteiger partial charge on any atom is 0.451 e. The fraction of sp³-hybridized carbons (Fsp3) is 0.0476. The summed E-state index contributed by atoms with van der Waals surface area (Å²) in [5.74, 6) is -0.145. The third-order valence-corrected chi connectivity index (χ3v) is 4.17. The average Bonchev–Trinajstić information content (AvgIpc) is 2.73. The summed E-state index contributed by atoms with van der Waals surface area (Å²) in [7, 11) is 0. The molecule has 0 unspecified atom stereocenters. The Bertz CT molecular complexity index is 1180. The minimum absolute atomic E-state index is 0.206. The smallest absolute Gasteiger partial charge is 0.451 e. The minimum Gasteiger partial charge on any atom is -0.457 e. The molecule has 4 rings (SSSR count). The molecule has 0 spiro atoms. The van der Waals surface area contributed by atoms with Crippen LogP contribution in [0, 0.1) is 0 Å². The van der Waals surface area contributed by atoms with Crippen LogP contribution in [0.1, 0.15) is 16.2 Å². The SMILES string of the molecule is O=Cc1cnc2ccc(Oc3ccccc3)cc2c1-c1cnc(C(F)(F)F)nc1. The van der Waals surface area contributed by atoms with E-state index in [1.807, 2.05) is 18.2 Å². The number of carbonyl (C=O) groups is 1. The van der Waals surface area contributed by atoms with Crippen LogP contribution in [0.25, 0.3) is 22.0 Å². The van der Waals surface area contributed by atoms with E-state index in [1.54, 1.807) is 30.3 Å². The van der Waals surface area contributed by atoms with E-state index in [-0.39, 0.29) is 11.1 Å². The summed E-state index contributed by atoms with van der Waals surface area (Å²) in [5.41, 5.74) is 1.41. The Morgan fingerprint density at radius 3 is 2.24 bits per heavy atom. The molecule has 2 aromatic carbocycles. The van der Waals surface area contributed by atoms with Crippen molar-refractivity contribution in [1.82, 2.24) is 15.0 Å². The molecule has 0 aliphatic heterocycles. The van der Waals surface area contributed by atoms with Crippen molar-refractivity contribution in [1.29, 1.82) is 0 Å². The zero-order chi connectivity index (χ0) is 20.4. The van der Waals surface area contributed by atoms with E-state index in [2.05, 4.69) is 15.0 Å². The van der Waals surface area contributed by atoms with Gasteiger partial charge in [0.2, 0.25) is 5.82 Å². The van der Waals surface area contributed by atoms with Gasteiger partial charge in [-0.3, -0.25) is 9.78 Å². The molecule has 0 fully saturated rings. The zero-order valence-electron chi connectivity index (χ0n) is 14.7. The topological polar surface area (TPSA) is 65.0 Å². The molecule has 0 saturated heterocycles. The Morgan fingerprint density at radius 1 is 0.862 bits per heavy atom. The number of ether oxygens (including phenoxy) is 1. The number of halogens is 3. The van der Waals surface area contributed by atoms with Crippen molar-refractivity contribution in [3.05, 3.63) is 78.5 Å². The largest absolute Gasteiger partial charge is 0.457 e. The van der Waals surface area contributed by atoms with Gasteiger partial charge in [0.1, 0.15) is 11.5 Å². The number of hydrogen-bond donors (Lipinski definition) is 0. The van der Waals surface area contributed by atoms with Crippen LogP contribution in [0.4, 0.5) is 13.2 Å². The van der Waals surface area contributed by atoms with Crippen molar-refractivity contribution in [2.45, 2.75) is 6.18 Å². The summed E-state index contributed by atoms with van der Waals surface area (Å²) < 4.78 is 44.1. The highest BCUT2D eigenvalue weighted by Crippen LogP contribution is 2.34. The first-order valence-corrected chi connectivity index (χ1v) is 8.46. The fourth-order valence-corrected chi connectivity index (χ4v) is 2.89. The highest BCUT2D eigenvalue weighted by molar-refractivity contribution is 6.02. The first-order chi connectivity index (χ1) is 14.0. The second-order valence-electron chi connectivity index (χ2n) is 6.09. The number of rotatable bonds is 4. The van der Waals surface area contributed by atoms with E-state index < -0.39 is 12.0 Å². The van der Waals surface area contributed by atoms with E-state index >= 15 is 0 Å². The number of aromatic nitrogens is 3. The van der Waals surface area contributed by atoms with Crippen LogP contribution in [0.15, 0.2) is 67.1 Å². The quantitative estimate of drug-likeness (QED) is 0.438. The van der Waals surface area contributed by atoms with Crippen LogP contribution >= 0.6 is 0 Å². The molecular weight excluding hydrogens is 383 g/mol. The van der Waals surface area contributed by atoms with E-state index in [1.165, 1.54) is 6.20 Å². The lowest BCUT2D eigenvalue weighted by Gasteiger charge is -2.12. The zero-order valence-corrected chi connectivity index (χ0v) is 14.7. The summed E-state index contributed by atoms with van der Waals surface area (Å²) in [6, 6.07) is 14.2. The van der Waals surface area contributed by atoms with E-state index in [4.69, 9.17) is 4.74 Å². The normalized spacial score (nSPS) is 11.4. The van der Waals surface area contributed by atoms with Crippen LogP contribution in [0.5, 0.6) is 11.5 Å². The number of para-hydroxylation sites is 1. The van der Waals surface area contributed by atoms with E-state index in [9.17, 15) is 18.0 Å². The van der Waals surface area contributed by atoms with E-state index in [0.717, 1.165) is 12.4 Å². The molecule has 0 amide bonds. The third-order valence-electron chi connectivity index (χ3n) is 4.17. The molecule has 0 atom stereocenters. The summed E-state index contributed by atoms with van der Waals surface area (Å²) >= 11 is 0. The molecule has 144 valence electrons. The predicted octanol–water partition coefficient (Wildman–Crippen LogP) is 5.32. The molecule has 0 radical (unpaired) electrons. The molecule has 29 heavy (non-hydrogen) atoms. The monoisotopic (exact) mass is 395 g/mol. The van der Waals surface area contributed by atoms with Gasteiger partial charge < -0.3 is 4.74 Å². The third kappa shape index (κ3) is 3.77. The fourth-order valence-electron chi connectivity index (χ4n) is 2.89. The van der Waals surface area contributed by atoms with Crippen molar-refractivity contribution in [2.24, 2.45) is 0 Å². The van der Waals surface area contributed by atoms with Gasteiger partial charge >= 0.3 is 6.18 Å². The first-order valence-electron chi connectivity index (χ1n) is 8.46. The molecule has 0 N–H and O–H groups in total. The molecule has 0 saturated carbocycles. The predicted molar refractivity (Wildman–Crippen MR) is 99.7 cm³/mol. The number of carbonyl (C=O) groups excluding carboxylic acids is 1. The van der Waals surface area contributed by atoms with Crippen molar-refractivity contribution in [3.63, 3.8) is 0 Å². The second kappa shape index (κ2) is 7.31. The second-order valence-corrected chi connectivity index (χ2v) is 6.09. The number of benzene rings is 2. The number of pyridine rings is 1. The Labute approximate surface area is 162 Å². The molecular formula is C21H12F3N3O2. The molecule has 2 heterocycles. The lowest BCUT2D eigenvalue weighted by Crippen LogP contribution is -2.10. The number of nitrogens with zero attached hydrogens (tertiary/aromatic N) is 3. The Hall–Kier alpha value is -3.81. The highest BCUT2D eigenvalue weighted by atomic mass is 19.4. The molecule has 2 aromatic heterocycles. The van der Waals surface area contributed by atoms with Gasteiger partial charge in [-0.25, -0.2) is 9.97 Å². The van der Waals surface area contributed by atoms with Gasteiger partial charge in [-0.15, -0.1) is 0 Å². The molecule has 0 aliphatic carbocycles. The van der Waals surface area contributed by atoms with Crippen molar-refractivity contribution >= 4 is 17.2 Å². The molecule has 0 aliphatic rings. The van der Waals surface area contributed by atoms with Gasteiger partial charge in [0.25, 0.3) is 0 Å². The lowest BCUT2D eigenvalue weighted by atomic mass is 9.99. The molecule has 8 heteroatoms. The van der Waals surface area contributed by atoms with Crippen molar-refractivity contribution in [2.75, 3.05) is 0 Å². The lowest BCUT2D eigenvalue weighted by molar-refractivity contribution is -0.144. The average molecular weight is 395 g/mol.